The van der Waals surface area contributed by atoms with E-state index in [-0.39, 0.29) is 23.7 Å². The van der Waals surface area contributed by atoms with Crippen LogP contribution in [0.3, 0.4) is 0 Å². The third-order valence-corrected chi connectivity index (χ3v) is 6.22. The highest BCUT2D eigenvalue weighted by molar-refractivity contribution is 14.1. The minimum atomic E-state index is -4.45. The Morgan fingerprint density at radius 1 is 1.18 bits per heavy atom. The van der Waals surface area contributed by atoms with Gasteiger partial charge in [0.2, 0.25) is 0 Å². The van der Waals surface area contributed by atoms with Crippen LogP contribution in [0, 0.1) is 0 Å². The smallest absolute Gasteiger partial charge is 0.394 e. The standard InChI is InChI=1S/C13H26F2IO5P/c1-3-20-22(19,21-4-2)13(14,15)9-11(16)7-5-6-8-12(18)10-17/h11-12,17-18H,3-10H2,1-2H3. The molecular weight excluding hydrogens is 432 g/mol. The molecule has 0 heterocycles. The maximum absolute atomic E-state index is 14.2. The molecule has 0 aliphatic heterocycles. The molecule has 134 valence electrons. The lowest BCUT2D eigenvalue weighted by molar-refractivity contribution is 0.0317. The summed E-state index contributed by atoms with van der Waals surface area (Å²) in [6.45, 7) is 2.50. The zero-order valence-electron chi connectivity index (χ0n) is 13.0. The number of aliphatic hydroxyl groups is 2. The van der Waals surface area contributed by atoms with Gasteiger partial charge in [0.05, 0.1) is 25.9 Å². The third kappa shape index (κ3) is 7.97. The molecule has 0 aromatic rings. The number of aliphatic hydroxyl groups excluding tert-OH is 2. The molecule has 0 aromatic heterocycles. The first kappa shape index (κ1) is 22.7. The highest BCUT2D eigenvalue weighted by atomic mass is 127. The zero-order chi connectivity index (χ0) is 17.2. The van der Waals surface area contributed by atoms with Crippen molar-refractivity contribution in [1.29, 1.82) is 0 Å². The van der Waals surface area contributed by atoms with E-state index in [1.54, 1.807) is 0 Å². The number of unbranched alkanes of at least 4 members (excludes halogenated alkanes) is 1. The maximum Gasteiger partial charge on any atom is 0.399 e. The van der Waals surface area contributed by atoms with Gasteiger partial charge in [0.1, 0.15) is 0 Å². The highest BCUT2D eigenvalue weighted by Gasteiger charge is 2.53. The normalized spacial score (nSPS) is 15.8. The van der Waals surface area contributed by atoms with E-state index in [1.165, 1.54) is 13.8 Å². The molecule has 0 spiro atoms. The Bertz CT molecular complexity index is 336. The number of halogens is 3. The molecule has 5 nitrogen and oxygen atoms in total. The van der Waals surface area contributed by atoms with Gasteiger partial charge in [-0.3, -0.25) is 4.57 Å². The van der Waals surface area contributed by atoms with Crippen LogP contribution in [0.5, 0.6) is 0 Å². The van der Waals surface area contributed by atoms with Crippen molar-refractivity contribution in [2.75, 3.05) is 19.8 Å². The van der Waals surface area contributed by atoms with Gasteiger partial charge in [-0.25, -0.2) is 0 Å². The Morgan fingerprint density at radius 3 is 2.14 bits per heavy atom. The Morgan fingerprint density at radius 2 is 1.68 bits per heavy atom. The fourth-order valence-electron chi connectivity index (χ4n) is 1.88. The van der Waals surface area contributed by atoms with Crippen LogP contribution >= 0.6 is 30.2 Å². The molecule has 2 N–H and O–H groups in total. The molecule has 0 aliphatic rings. The summed E-state index contributed by atoms with van der Waals surface area (Å²) in [5.41, 5.74) is -3.52. The van der Waals surface area contributed by atoms with Crippen LogP contribution in [0.1, 0.15) is 46.0 Å². The zero-order valence-corrected chi connectivity index (χ0v) is 16.1. The summed E-state index contributed by atoms with van der Waals surface area (Å²) in [6.07, 6.45) is 0.896. The van der Waals surface area contributed by atoms with Gasteiger partial charge in [0.25, 0.3) is 0 Å². The highest BCUT2D eigenvalue weighted by Crippen LogP contribution is 2.64. The molecule has 2 unspecified atom stereocenters. The van der Waals surface area contributed by atoms with Crippen molar-refractivity contribution in [1.82, 2.24) is 0 Å². The molecule has 2 atom stereocenters. The maximum atomic E-state index is 14.2. The molecule has 0 radical (unpaired) electrons. The quantitative estimate of drug-likeness (QED) is 0.189. The van der Waals surface area contributed by atoms with E-state index < -0.39 is 25.8 Å². The predicted molar refractivity (Wildman–Crippen MR) is 89.8 cm³/mol. The van der Waals surface area contributed by atoms with Crippen molar-refractivity contribution in [3.63, 3.8) is 0 Å². The second-order valence-corrected chi connectivity index (χ2v) is 8.85. The molecule has 0 amide bonds. The second-order valence-electron chi connectivity index (χ2n) is 4.92. The molecular formula is C13H26F2IO5P. The average molecular weight is 458 g/mol. The van der Waals surface area contributed by atoms with Crippen LogP contribution in [0.2, 0.25) is 0 Å². The van der Waals surface area contributed by atoms with Crippen molar-refractivity contribution >= 4 is 30.2 Å². The summed E-state index contributed by atoms with van der Waals surface area (Å²) in [4.78, 5) is 0. The van der Waals surface area contributed by atoms with Gasteiger partial charge in [0.15, 0.2) is 0 Å². The molecule has 0 aromatic carbocycles. The van der Waals surface area contributed by atoms with Crippen molar-refractivity contribution in [3.8, 4) is 0 Å². The lowest BCUT2D eigenvalue weighted by Crippen LogP contribution is -2.24. The molecule has 0 bridgehead atoms. The lowest BCUT2D eigenvalue weighted by Gasteiger charge is -2.27. The van der Waals surface area contributed by atoms with Gasteiger partial charge in [-0.15, -0.1) is 0 Å². The van der Waals surface area contributed by atoms with Crippen LogP contribution in [0.25, 0.3) is 0 Å². The van der Waals surface area contributed by atoms with Crippen molar-refractivity contribution in [3.05, 3.63) is 0 Å². The molecule has 0 aliphatic carbocycles. The first-order valence-electron chi connectivity index (χ1n) is 7.42. The van der Waals surface area contributed by atoms with Crippen molar-refractivity contribution < 1.29 is 32.6 Å². The lowest BCUT2D eigenvalue weighted by atomic mass is 10.1. The summed E-state index contributed by atoms with van der Waals surface area (Å²) in [7, 11) is -4.45. The van der Waals surface area contributed by atoms with E-state index in [1.807, 2.05) is 22.6 Å². The van der Waals surface area contributed by atoms with Crippen LogP contribution < -0.4 is 0 Å². The Balaban J connectivity index is 4.39. The van der Waals surface area contributed by atoms with Crippen LogP contribution in [-0.4, -0.2) is 45.7 Å². The number of hydrogen-bond donors (Lipinski definition) is 2. The van der Waals surface area contributed by atoms with Crippen molar-refractivity contribution in [2.45, 2.75) is 61.6 Å². The van der Waals surface area contributed by atoms with Gasteiger partial charge in [-0.2, -0.15) is 8.78 Å². The largest absolute Gasteiger partial charge is 0.399 e. The van der Waals surface area contributed by atoms with Gasteiger partial charge < -0.3 is 19.3 Å². The van der Waals surface area contributed by atoms with Crippen molar-refractivity contribution in [2.24, 2.45) is 0 Å². The van der Waals surface area contributed by atoms with Crippen LogP contribution in [0.15, 0.2) is 0 Å². The first-order chi connectivity index (χ1) is 10.2. The van der Waals surface area contributed by atoms with E-state index in [0.717, 1.165) is 0 Å². The van der Waals surface area contributed by atoms with Gasteiger partial charge >= 0.3 is 13.3 Å². The number of rotatable bonds is 13. The van der Waals surface area contributed by atoms with E-state index >= 15 is 0 Å². The van der Waals surface area contributed by atoms with Crippen LogP contribution in [-0.2, 0) is 13.6 Å². The molecule has 0 rings (SSSR count). The van der Waals surface area contributed by atoms with Crippen LogP contribution in [0.4, 0.5) is 8.78 Å². The SMILES string of the molecule is CCOP(=O)(OCC)C(F)(F)CC(I)CCCCC(O)CO. The molecule has 22 heavy (non-hydrogen) atoms. The van der Waals surface area contributed by atoms with Gasteiger partial charge in [0, 0.05) is 10.3 Å². The number of hydrogen-bond acceptors (Lipinski definition) is 5. The average Bonchev–Trinajstić information content (AvgIpc) is 2.43. The first-order valence-corrected chi connectivity index (χ1v) is 10.2. The second kappa shape index (κ2) is 11.3. The molecule has 0 saturated heterocycles. The van der Waals surface area contributed by atoms with Gasteiger partial charge in [-0.1, -0.05) is 35.4 Å². The molecule has 0 saturated carbocycles. The summed E-state index contributed by atoms with van der Waals surface area (Å²) >= 11 is 1.91. The minimum absolute atomic E-state index is 0.0994. The topological polar surface area (TPSA) is 76.0 Å². The van der Waals surface area contributed by atoms with Gasteiger partial charge in [-0.05, 0) is 26.7 Å². The summed E-state index contributed by atoms with van der Waals surface area (Å²) in [5.74, 6) is 0. The monoisotopic (exact) mass is 458 g/mol. The third-order valence-electron chi connectivity index (χ3n) is 2.98. The van der Waals surface area contributed by atoms with E-state index in [2.05, 4.69) is 0 Å². The Kier molecular flexibility index (Phi) is 11.6. The fraction of sp³-hybridized carbons (Fsp3) is 1.00. The molecule has 0 fully saturated rings. The van der Waals surface area contributed by atoms with E-state index in [0.29, 0.717) is 25.7 Å². The minimum Gasteiger partial charge on any atom is -0.394 e. The Hall–Kier alpha value is 0.660. The van der Waals surface area contributed by atoms with E-state index in [4.69, 9.17) is 14.2 Å². The molecule has 9 heteroatoms. The van der Waals surface area contributed by atoms with E-state index in [9.17, 15) is 18.5 Å². The fourth-order valence-corrected chi connectivity index (χ4v) is 4.80. The summed E-state index contributed by atoms with van der Waals surface area (Å²) in [6, 6.07) is 0. The number of alkyl halides is 3. The summed E-state index contributed by atoms with van der Waals surface area (Å²) < 4.78 is 49.6. The Labute approximate surface area is 144 Å². The summed E-state index contributed by atoms with van der Waals surface area (Å²) in [5, 5.41) is 17.9. The predicted octanol–water partition coefficient (Wildman–Crippen LogP) is 3.95.